The van der Waals surface area contributed by atoms with Crippen molar-refractivity contribution in [3.8, 4) is 11.4 Å². The summed E-state index contributed by atoms with van der Waals surface area (Å²) < 4.78 is 5.01. The second-order valence-corrected chi connectivity index (χ2v) is 6.56. The summed E-state index contributed by atoms with van der Waals surface area (Å²) in [6.45, 7) is 7.75. The van der Waals surface area contributed by atoms with Crippen LogP contribution in [0.3, 0.4) is 0 Å². The van der Waals surface area contributed by atoms with Crippen LogP contribution in [0, 0.1) is 6.92 Å². The van der Waals surface area contributed by atoms with Gasteiger partial charge >= 0.3 is 0 Å². The Balaban J connectivity index is 2.00. The lowest BCUT2D eigenvalue weighted by Crippen LogP contribution is -2.27. The fraction of sp³-hybridized carbons (Fsp3) is 0.333. The third-order valence-corrected chi connectivity index (χ3v) is 4.16. The van der Waals surface area contributed by atoms with Crippen molar-refractivity contribution < 1.29 is 9.32 Å². The van der Waals surface area contributed by atoms with E-state index in [4.69, 9.17) is 9.51 Å². The quantitative estimate of drug-likeness (QED) is 0.627. The molecule has 0 fully saturated rings. The number of amides is 1. The van der Waals surface area contributed by atoms with Crippen LogP contribution in [0.4, 0.5) is 11.6 Å². The number of hydrogen-bond acceptors (Lipinski definition) is 6. The van der Waals surface area contributed by atoms with Crippen LogP contribution < -0.4 is 10.2 Å². The summed E-state index contributed by atoms with van der Waals surface area (Å²) in [6, 6.07) is 13.1. The van der Waals surface area contributed by atoms with Crippen molar-refractivity contribution in [1.82, 2.24) is 15.1 Å². The van der Waals surface area contributed by atoms with Gasteiger partial charge in [-0.1, -0.05) is 49.3 Å². The minimum absolute atomic E-state index is 0.293. The molecule has 0 aliphatic rings. The number of carbonyl (C=O) groups excluding carboxylic acids is 1. The minimum Gasteiger partial charge on any atom is -0.360 e. The van der Waals surface area contributed by atoms with Gasteiger partial charge in [-0.15, -0.1) is 0 Å². The molecule has 1 aromatic carbocycles. The molecule has 0 saturated carbocycles. The average Bonchev–Trinajstić information content (AvgIpc) is 3.12. The maximum Gasteiger partial charge on any atom is 0.275 e. The largest absolute Gasteiger partial charge is 0.360 e. The number of nitrogens with zero attached hydrogens (tertiary/aromatic N) is 4. The monoisotopic (exact) mass is 379 g/mol. The Kier molecular flexibility index (Phi) is 6.37. The zero-order valence-corrected chi connectivity index (χ0v) is 16.5. The summed E-state index contributed by atoms with van der Waals surface area (Å²) in [7, 11) is 0. The predicted molar refractivity (Wildman–Crippen MR) is 109 cm³/mol. The zero-order valence-electron chi connectivity index (χ0n) is 16.5. The Morgan fingerprint density at radius 3 is 2.39 bits per heavy atom. The lowest BCUT2D eigenvalue weighted by molar-refractivity contribution is 0.102. The van der Waals surface area contributed by atoms with Crippen LogP contribution >= 0.6 is 0 Å². The second-order valence-electron chi connectivity index (χ2n) is 6.56. The second kappa shape index (κ2) is 9.12. The molecule has 0 atom stereocenters. The smallest absolute Gasteiger partial charge is 0.275 e. The van der Waals surface area contributed by atoms with E-state index in [2.05, 4.69) is 34.2 Å². The molecule has 0 bridgehead atoms. The third kappa shape index (κ3) is 4.73. The van der Waals surface area contributed by atoms with Gasteiger partial charge in [0.05, 0.1) is 0 Å². The molecule has 1 amide bonds. The SMILES string of the molecule is CCCN(CCC)c1cc(C(=O)Nc2cc(C)on2)nc(-c2ccccc2)n1. The van der Waals surface area contributed by atoms with E-state index in [1.54, 1.807) is 19.1 Å². The van der Waals surface area contributed by atoms with Crippen molar-refractivity contribution in [3.05, 3.63) is 53.9 Å². The summed E-state index contributed by atoms with van der Waals surface area (Å²) in [5.74, 6) is 1.92. The van der Waals surface area contributed by atoms with E-state index >= 15 is 0 Å². The van der Waals surface area contributed by atoms with Gasteiger partial charge in [0.15, 0.2) is 11.6 Å². The average molecular weight is 379 g/mol. The number of nitrogens with one attached hydrogen (secondary N) is 1. The zero-order chi connectivity index (χ0) is 19.9. The Bertz CT molecular complexity index is 918. The summed E-state index contributed by atoms with van der Waals surface area (Å²) in [5.41, 5.74) is 1.16. The highest BCUT2D eigenvalue weighted by Crippen LogP contribution is 2.21. The molecule has 3 rings (SSSR count). The predicted octanol–water partition coefficient (Wildman–Crippen LogP) is 4.32. The molecule has 0 saturated heterocycles. The number of hydrogen-bond donors (Lipinski definition) is 1. The van der Waals surface area contributed by atoms with Crippen LogP contribution in [0.5, 0.6) is 0 Å². The summed E-state index contributed by atoms with van der Waals surface area (Å²) in [5, 5.41) is 6.55. The summed E-state index contributed by atoms with van der Waals surface area (Å²) in [4.78, 5) is 24.2. The normalized spacial score (nSPS) is 10.7. The molecule has 0 radical (unpaired) electrons. The van der Waals surface area contributed by atoms with E-state index in [9.17, 15) is 4.79 Å². The van der Waals surface area contributed by atoms with Crippen molar-refractivity contribution in [2.75, 3.05) is 23.3 Å². The Morgan fingerprint density at radius 2 is 1.79 bits per heavy atom. The maximum atomic E-state index is 12.8. The Hall–Kier alpha value is -3.22. The van der Waals surface area contributed by atoms with Crippen LogP contribution in [0.1, 0.15) is 42.9 Å². The van der Waals surface area contributed by atoms with Crippen molar-refractivity contribution in [1.29, 1.82) is 0 Å². The molecule has 0 unspecified atom stereocenters. The van der Waals surface area contributed by atoms with Gasteiger partial charge in [0.2, 0.25) is 0 Å². The number of anilines is 2. The molecule has 3 aromatic rings. The highest BCUT2D eigenvalue weighted by molar-refractivity contribution is 6.03. The molecule has 28 heavy (non-hydrogen) atoms. The van der Waals surface area contributed by atoms with Gasteiger partial charge in [0, 0.05) is 30.8 Å². The molecular formula is C21H25N5O2. The fourth-order valence-corrected chi connectivity index (χ4v) is 2.92. The standard InChI is InChI=1S/C21H25N5O2/c1-4-11-26(12-5-2)19-14-17(21(27)23-18-13-15(3)28-25-18)22-20(24-19)16-9-7-6-8-10-16/h6-10,13-14H,4-5,11-12H2,1-3H3,(H,23,25,27). The lowest BCUT2D eigenvalue weighted by atomic mass is 10.2. The van der Waals surface area contributed by atoms with Gasteiger partial charge < -0.3 is 14.7 Å². The summed E-state index contributed by atoms with van der Waals surface area (Å²) >= 11 is 0. The molecule has 2 aromatic heterocycles. The molecule has 7 nitrogen and oxygen atoms in total. The van der Waals surface area contributed by atoms with Crippen molar-refractivity contribution in [2.45, 2.75) is 33.6 Å². The van der Waals surface area contributed by atoms with E-state index in [1.807, 2.05) is 30.3 Å². The number of aromatic nitrogens is 3. The van der Waals surface area contributed by atoms with Gasteiger partial charge in [-0.05, 0) is 19.8 Å². The fourth-order valence-electron chi connectivity index (χ4n) is 2.92. The molecular weight excluding hydrogens is 354 g/mol. The molecule has 0 aliphatic carbocycles. The van der Waals surface area contributed by atoms with Gasteiger partial charge in [-0.2, -0.15) is 0 Å². The first kappa shape index (κ1) is 19.5. The van der Waals surface area contributed by atoms with E-state index in [0.29, 0.717) is 23.1 Å². The highest BCUT2D eigenvalue weighted by Gasteiger charge is 2.17. The van der Waals surface area contributed by atoms with Crippen LogP contribution in [0.2, 0.25) is 0 Å². The number of aryl methyl sites for hydroxylation is 1. The van der Waals surface area contributed by atoms with Crippen LogP contribution in [0.15, 0.2) is 47.0 Å². The van der Waals surface area contributed by atoms with Gasteiger partial charge in [0.1, 0.15) is 17.3 Å². The van der Waals surface area contributed by atoms with Crippen LogP contribution in [0.25, 0.3) is 11.4 Å². The van der Waals surface area contributed by atoms with E-state index in [0.717, 1.165) is 37.3 Å². The summed E-state index contributed by atoms with van der Waals surface area (Å²) in [6.07, 6.45) is 1.98. The van der Waals surface area contributed by atoms with Crippen LogP contribution in [-0.4, -0.2) is 34.1 Å². The molecule has 0 spiro atoms. The van der Waals surface area contributed by atoms with Crippen molar-refractivity contribution in [2.24, 2.45) is 0 Å². The third-order valence-electron chi connectivity index (χ3n) is 4.16. The first-order chi connectivity index (χ1) is 13.6. The molecule has 7 heteroatoms. The van der Waals surface area contributed by atoms with E-state index in [1.165, 1.54) is 0 Å². The first-order valence-corrected chi connectivity index (χ1v) is 9.54. The number of rotatable bonds is 8. The maximum absolute atomic E-state index is 12.8. The van der Waals surface area contributed by atoms with Crippen LogP contribution in [-0.2, 0) is 0 Å². The van der Waals surface area contributed by atoms with E-state index in [-0.39, 0.29) is 5.91 Å². The Morgan fingerprint density at radius 1 is 1.07 bits per heavy atom. The van der Waals surface area contributed by atoms with Gasteiger partial charge in [-0.25, -0.2) is 9.97 Å². The molecule has 1 N–H and O–H groups in total. The molecule has 0 aliphatic heterocycles. The lowest BCUT2D eigenvalue weighted by Gasteiger charge is -2.23. The molecule has 146 valence electrons. The van der Waals surface area contributed by atoms with Gasteiger partial charge in [-0.3, -0.25) is 4.79 Å². The van der Waals surface area contributed by atoms with Crippen molar-refractivity contribution in [3.63, 3.8) is 0 Å². The first-order valence-electron chi connectivity index (χ1n) is 9.54. The molecule has 2 heterocycles. The Labute approximate surface area is 164 Å². The van der Waals surface area contributed by atoms with E-state index < -0.39 is 0 Å². The number of benzene rings is 1. The van der Waals surface area contributed by atoms with Gasteiger partial charge in [0.25, 0.3) is 5.91 Å². The highest BCUT2D eigenvalue weighted by atomic mass is 16.5. The topological polar surface area (TPSA) is 84.2 Å². The minimum atomic E-state index is -0.345. The number of carbonyl (C=O) groups is 1. The van der Waals surface area contributed by atoms with Crippen molar-refractivity contribution >= 4 is 17.5 Å².